The van der Waals surface area contributed by atoms with Crippen molar-refractivity contribution in [3.8, 4) is 0 Å². The van der Waals surface area contributed by atoms with Crippen molar-refractivity contribution in [2.24, 2.45) is 0 Å². The van der Waals surface area contributed by atoms with E-state index in [0.717, 1.165) is 11.4 Å². The van der Waals surface area contributed by atoms with Gasteiger partial charge >= 0.3 is 0 Å². The predicted molar refractivity (Wildman–Crippen MR) is 58.6 cm³/mol. The highest BCUT2D eigenvalue weighted by molar-refractivity contribution is 5.18. The van der Waals surface area contributed by atoms with Gasteiger partial charge in [0.2, 0.25) is 0 Å². The molecule has 1 fully saturated rings. The summed E-state index contributed by atoms with van der Waals surface area (Å²) in [4.78, 5) is 8.75. The maximum atomic E-state index is 9.89. The molecule has 0 radical (unpaired) electrons. The van der Waals surface area contributed by atoms with Crippen LogP contribution < -0.4 is 0 Å². The molecule has 0 spiro atoms. The zero-order valence-corrected chi connectivity index (χ0v) is 9.62. The molecular weight excluding hydrogens is 188 g/mol. The number of rotatable bonds is 2. The first-order valence-electron chi connectivity index (χ1n) is 5.55. The highest BCUT2D eigenvalue weighted by atomic mass is 16.3. The van der Waals surface area contributed by atoms with E-state index in [1.54, 1.807) is 13.8 Å². The lowest BCUT2D eigenvalue weighted by Crippen LogP contribution is -2.22. The SMILES string of the molecule is Cc1cc(C2CCC2)nc(C(C)(C)O)n1. The Bertz CT molecular complexity index is 364. The molecule has 1 aliphatic rings. The standard InChI is InChI=1S/C12H18N2O/c1-8-7-10(9-5-4-6-9)14-11(13-8)12(2,3)15/h7,9,15H,4-6H2,1-3H3. The first-order chi connectivity index (χ1) is 6.97. The van der Waals surface area contributed by atoms with Gasteiger partial charge in [-0.15, -0.1) is 0 Å². The van der Waals surface area contributed by atoms with E-state index >= 15 is 0 Å². The molecule has 0 aliphatic heterocycles. The van der Waals surface area contributed by atoms with Crippen LogP contribution in [0.3, 0.4) is 0 Å². The van der Waals surface area contributed by atoms with Crippen molar-refractivity contribution in [2.75, 3.05) is 0 Å². The Morgan fingerprint density at radius 2 is 2.00 bits per heavy atom. The van der Waals surface area contributed by atoms with Gasteiger partial charge in [0.1, 0.15) is 5.60 Å². The molecule has 1 heterocycles. The number of aliphatic hydroxyl groups is 1. The molecule has 0 unspecified atom stereocenters. The maximum Gasteiger partial charge on any atom is 0.159 e. The van der Waals surface area contributed by atoms with E-state index in [1.807, 2.05) is 13.0 Å². The van der Waals surface area contributed by atoms with Gasteiger partial charge in [-0.2, -0.15) is 0 Å². The van der Waals surface area contributed by atoms with Gasteiger partial charge < -0.3 is 5.11 Å². The Kier molecular flexibility index (Phi) is 2.51. The molecule has 0 saturated heterocycles. The predicted octanol–water partition coefficient (Wildman–Crippen LogP) is 2.28. The number of nitrogens with zero attached hydrogens (tertiary/aromatic N) is 2. The van der Waals surface area contributed by atoms with Crippen LogP contribution in [0.15, 0.2) is 6.07 Å². The van der Waals surface area contributed by atoms with Crippen LogP contribution in [0, 0.1) is 6.92 Å². The third-order valence-corrected chi connectivity index (χ3v) is 2.94. The first-order valence-corrected chi connectivity index (χ1v) is 5.55. The van der Waals surface area contributed by atoms with E-state index in [4.69, 9.17) is 0 Å². The zero-order chi connectivity index (χ0) is 11.1. The minimum Gasteiger partial charge on any atom is -0.382 e. The van der Waals surface area contributed by atoms with Crippen molar-refractivity contribution < 1.29 is 5.11 Å². The fourth-order valence-electron chi connectivity index (χ4n) is 1.78. The normalized spacial score (nSPS) is 17.6. The quantitative estimate of drug-likeness (QED) is 0.807. The van der Waals surface area contributed by atoms with Gasteiger partial charge in [-0.25, -0.2) is 9.97 Å². The van der Waals surface area contributed by atoms with E-state index in [9.17, 15) is 5.11 Å². The summed E-state index contributed by atoms with van der Waals surface area (Å²) in [5.41, 5.74) is 1.11. The van der Waals surface area contributed by atoms with Gasteiger partial charge in [0.05, 0.1) is 0 Å². The molecule has 3 nitrogen and oxygen atoms in total. The minimum atomic E-state index is -0.940. The van der Waals surface area contributed by atoms with Crippen molar-refractivity contribution in [1.29, 1.82) is 0 Å². The Morgan fingerprint density at radius 3 is 2.47 bits per heavy atom. The van der Waals surface area contributed by atoms with E-state index < -0.39 is 5.60 Å². The first kappa shape index (κ1) is 10.6. The van der Waals surface area contributed by atoms with Crippen LogP contribution in [0.4, 0.5) is 0 Å². The molecule has 82 valence electrons. The highest BCUT2D eigenvalue weighted by Gasteiger charge is 2.25. The van der Waals surface area contributed by atoms with Crippen molar-refractivity contribution in [2.45, 2.75) is 51.6 Å². The molecule has 1 aromatic rings. The second kappa shape index (κ2) is 3.56. The maximum absolute atomic E-state index is 9.89. The molecule has 3 heteroatoms. The van der Waals surface area contributed by atoms with Crippen molar-refractivity contribution in [3.63, 3.8) is 0 Å². The van der Waals surface area contributed by atoms with Crippen LogP contribution in [0.25, 0.3) is 0 Å². The van der Waals surface area contributed by atoms with E-state index in [0.29, 0.717) is 11.7 Å². The molecule has 0 atom stereocenters. The van der Waals surface area contributed by atoms with E-state index in [2.05, 4.69) is 9.97 Å². The Morgan fingerprint density at radius 1 is 1.33 bits per heavy atom. The lowest BCUT2D eigenvalue weighted by Gasteiger charge is -2.26. The largest absolute Gasteiger partial charge is 0.382 e. The van der Waals surface area contributed by atoms with Gasteiger partial charge in [-0.1, -0.05) is 6.42 Å². The molecule has 1 aromatic heterocycles. The summed E-state index contributed by atoms with van der Waals surface area (Å²) in [7, 11) is 0. The van der Waals surface area contributed by atoms with Crippen LogP contribution in [0.1, 0.15) is 56.2 Å². The molecule has 1 aliphatic carbocycles. The van der Waals surface area contributed by atoms with Crippen molar-refractivity contribution in [1.82, 2.24) is 9.97 Å². The molecular formula is C12H18N2O. The van der Waals surface area contributed by atoms with Crippen molar-refractivity contribution >= 4 is 0 Å². The summed E-state index contributed by atoms with van der Waals surface area (Å²) in [6.07, 6.45) is 3.75. The van der Waals surface area contributed by atoms with Gasteiger partial charge in [-0.05, 0) is 39.7 Å². The molecule has 0 amide bonds. The molecule has 1 N–H and O–H groups in total. The lowest BCUT2D eigenvalue weighted by atomic mass is 9.82. The van der Waals surface area contributed by atoms with Gasteiger partial charge in [-0.3, -0.25) is 0 Å². The summed E-state index contributed by atoms with van der Waals surface area (Å²) in [6, 6.07) is 2.04. The van der Waals surface area contributed by atoms with Crippen LogP contribution in [-0.4, -0.2) is 15.1 Å². The van der Waals surface area contributed by atoms with E-state index in [-0.39, 0.29) is 0 Å². The molecule has 0 aromatic carbocycles. The smallest absolute Gasteiger partial charge is 0.159 e. The zero-order valence-electron chi connectivity index (χ0n) is 9.62. The van der Waals surface area contributed by atoms with Crippen molar-refractivity contribution in [3.05, 3.63) is 23.3 Å². The van der Waals surface area contributed by atoms with E-state index in [1.165, 1.54) is 19.3 Å². The fraction of sp³-hybridized carbons (Fsp3) is 0.667. The van der Waals surface area contributed by atoms with Gasteiger partial charge in [0, 0.05) is 17.3 Å². The lowest BCUT2D eigenvalue weighted by molar-refractivity contribution is 0.0680. The summed E-state index contributed by atoms with van der Waals surface area (Å²) in [5.74, 6) is 1.14. The number of hydrogen-bond acceptors (Lipinski definition) is 3. The Labute approximate surface area is 90.6 Å². The number of hydrogen-bond donors (Lipinski definition) is 1. The van der Waals surface area contributed by atoms with Crippen LogP contribution in [-0.2, 0) is 5.60 Å². The van der Waals surface area contributed by atoms with Gasteiger partial charge in [0.25, 0.3) is 0 Å². The molecule has 2 rings (SSSR count). The molecule has 15 heavy (non-hydrogen) atoms. The third kappa shape index (κ3) is 2.17. The topological polar surface area (TPSA) is 46.0 Å². The Balaban J connectivity index is 2.36. The Hall–Kier alpha value is -0.960. The van der Waals surface area contributed by atoms with Crippen LogP contribution in [0.5, 0.6) is 0 Å². The highest BCUT2D eigenvalue weighted by Crippen LogP contribution is 2.35. The summed E-state index contributed by atoms with van der Waals surface area (Å²) in [6.45, 7) is 5.41. The fourth-order valence-corrected chi connectivity index (χ4v) is 1.78. The second-order valence-corrected chi connectivity index (χ2v) is 4.94. The summed E-state index contributed by atoms with van der Waals surface area (Å²) >= 11 is 0. The number of aryl methyl sites for hydroxylation is 1. The minimum absolute atomic E-state index is 0.546. The summed E-state index contributed by atoms with van der Waals surface area (Å²) < 4.78 is 0. The van der Waals surface area contributed by atoms with Gasteiger partial charge in [0.15, 0.2) is 5.82 Å². The average Bonchev–Trinajstić information content (AvgIpc) is 1.97. The van der Waals surface area contributed by atoms with Crippen LogP contribution in [0.2, 0.25) is 0 Å². The molecule has 0 bridgehead atoms. The third-order valence-electron chi connectivity index (χ3n) is 2.94. The number of aromatic nitrogens is 2. The summed E-state index contributed by atoms with van der Waals surface area (Å²) in [5, 5.41) is 9.89. The average molecular weight is 206 g/mol. The molecule has 1 saturated carbocycles. The second-order valence-electron chi connectivity index (χ2n) is 4.94. The van der Waals surface area contributed by atoms with Crippen LogP contribution >= 0.6 is 0 Å². The monoisotopic (exact) mass is 206 g/mol.